The average Bonchev–Trinajstić information content (AvgIpc) is 2.84. The molecular formula is C13H26N2O2. The van der Waals surface area contributed by atoms with E-state index >= 15 is 0 Å². The largest absolute Gasteiger partial charge is 0.384 e. The molecule has 1 unspecified atom stereocenters. The van der Waals surface area contributed by atoms with Gasteiger partial charge in [-0.05, 0) is 38.8 Å². The average molecular weight is 242 g/mol. The standard InChI is InChI=1S/C13H26N2O2/c1-16-11-13(4-6-14-7-5-13)10-15-9-12-3-2-8-17-12/h12,14-15H,2-11H2,1H3. The van der Waals surface area contributed by atoms with E-state index in [1.807, 2.05) is 7.11 Å². The van der Waals surface area contributed by atoms with Gasteiger partial charge in [0.1, 0.15) is 0 Å². The van der Waals surface area contributed by atoms with Crippen LogP contribution >= 0.6 is 0 Å². The quantitative estimate of drug-likeness (QED) is 0.722. The summed E-state index contributed by atoms with van der Waals surface area (Å²) in [7, 11) is 1.81. The Labute approximate surface area is 104 Å². The fraction of sp³-hybridized carbons (Fsp3) is 1.00. The van der Waals surface area contributed by atoms with Gasteiger partial charge in [0.2, 0.25) is 0 Å². The van der Waals surface area contributed by atoms with Crippen LogP contribution in [0, 0.1) is 5.41 Å². The van der Waals surface area contributed by atoms with Gasteiger partial charge in [-0.15, -0.1) is 0 Å². The van der Waals surface area contributed by atoms with Crippen LogP contribution in [0.5, 0.6) is 0 Å². The fourth-order valence-electron chi connectivity index (χ4n) is 2.94. The molecule has 0 saturated carbocycles. The van der Waals surface area contributed by atoms with Crippen molar-refractivity contribution in [3.05, 3.63) is 0 Å². The van der Waals surface area contributed by atoms with Crippen molar-refractivity contribution in [2.24, 2.45) is 5.41 Å². The van der Waals surface area contributed by atoms with Crippen molar-refractivity contribution >= 4 is 0 Å². The molecule has 0 aromatic heterocycles. The van der Waals surface area contributed by atoms with Crippen LogP contribution in [0.2, 0.25) is 0 Å². The summed E-state index contributed by atoms with van der Waals surface area (Å²) in [6.45, 7) is 6.10. The maximum absolute atomic E-state index is 5.63. The first-order chi connectivity index (χ1) is 8.35. The molecule has 0 spiro atoms. The maximum Gasteiger partial charge on any atom is 0.0700 e. The van der Waals surface area contributed by atoms with Crippen molar-refractivity contribution in [3.63, 3.8) is 0 Å². The number of nitrogens with one attached hydrogen (secondary N) is 2. The van der Waals surface area contributed by atoms with Gasteiger partial charge >= 0.3 is 0 Å². The van der Waals surface area contributed by atoms with Crippen LogP contribution in [-0.2, 0) is 9.47 Å². The van der Waals surface area contributed by atoms with Crippen molar-refractivity contribution in [1.82, 2.24) is 10.6 Å². The van der Waals surface area contributed by atoms with Crippen molar-refractivity contribution < 1.29 is 9.47 Å². The SMILES string of the molecule is COCC1(CNCC2CCCO2)CCNCC1. The van der Waals surface area contributed by atoms with Gasteiger partial charge in [-0.25, -0.2) is 0 Å². The molecule has 2 saturated heterocycles. The Morgan fingerprint density at radius 3 is 2.88 bits per heavy atom. The number of hydrogen-bond donors (Lipinski definition) is 2. The van der Waals surface area contributed by atoms with Crippen LogP contribution in [0.3, 0.4) is 0 Å². The first-order valence-electron chi connectivity index (χ1n) is 6.87. The number of ether oxygens (including phenoxy) is 2. The smallest absolute Gasteiger partial charge is 0.0700 e. The number of methoxy groups -OCH3 is 1. The van der Waals surface area contributed by atoms with E-state index < -0.39 is 0 Å². The molecular weight excluding hydrogens is 216 g/mol. The third-order valence-corrected chi connectivity index (χ3v) is 4.01. The van der Waals surface area contributed by atoms with E-state index in [4.69, 9.17) is 9.47 Å². The van der Waals surface area contributed by atoms with Crippen molar-refractivity contribution in [3.8, 4) is 0 Å². The topological polar surface area (TPSA) is 42.5 Å². The zero-order chi connectivity index (χ0) is 12.0. The molecule has 2 aliphatic heterocycles. The summed E-state index contributed by atoms with van der Waals surface area (Å²) in [5, 5.41) is 7.01. The van der Waals surface area contributed by atoms with Crippen LogP contribution in [0.25, 0.3) is 0 Å². The minimum absolute atomic E-state index is 0.332. The van der Waals surface area contributed by atoms with Gasteiger partial charge in [0.15, 0.2) is 0 Å². The van der Waals surface area contributed by atoms with Gasteiger partial charge in [-0.3, -0.25) is 0 Å². The molecule has 0 aromatic rings. The molecule has 2 fully saturated rings. The Balaban J connectivity index is 1.72. The van der Waals surface area contributed by atoms with Crippen LogP contribution in [0.15, 0.2) is 0 Å². The summed E-state index contributed by atoms with van der Waals surface area (Å²) in [6, 6.07) is 0. The molecule has 100 valence electrons. The lowest BCUT2D eigenvalue weighted by molar-refractivity contribution is 0.0481. The molecule has 2 aliphatic rings. The number of hydrogen-bond acceptors (Lipinski definition) is 4. The Morgan fingerprint density at radius 2 is 2.24 bits per heavy atom. The van der Waals surface area contributed by atoms with Crippen LogP contribution in [-0.4, -0.2) is 52.6 Å². The highest BCUT2D eigenvalue weighted by Crippen LogP contribution is 2.28. The predicted molar refractivity (Wildman–Crippen MR) is 68.3 cm³/mol. The molecule has 0 aliphatic carbocycles. The molecule has 0 aromatic carbocycles. The highest BCUT2D eigenvalue weighted by atomic mass is 16.5. The first-order valence-corrected chi connectivity index (χ1v) is 6.87. The summed E-state index contributed by atoms with van der Waals surface area (Å²) >= 11 is 0. The second-order valence-corrected chi connectivity index (χ2v) is 5.45. The predicted octanol–water partition coefficient (Wildman–Crippen LogP) is 0.771. The minimum atomic E-state index is 0.332. The molecule has 2 N–H and O–H groups in total. The minimum Gasteiger partial charge on any atom is -0.384 e. The van der Waals surface area contributed by atoms with Gasteiger partial charge in [0, 0.05) is 32.2 Å². The lowest BCUT2D eigenvalue weighted by atomic mass is 9.79. The highest BCUT2D eigenvalue weighted by molar-refractivity contribution is 4.87. The zero-order valence-corrected chi connectivity index (χ0v) is 11.0. The third kappa shape index (κ3) is 3.91. The van der Waals surface area contributed by atoms with Crippen molar-refractivity contribution in [2.75, 3.05) is 46.5 Å². The molecule has 1 atom stereocenters. The van der Waals surface area contributed by atoms with Crippen LogP contribution in [0.4, 0.5) is 0 Å². The Bertz CT molecular complexity index is 206. The molecule has 2 heterocycles. The summed E-state index contributed by atoms with van der Waals surface area (Å²) < 4.78 is 11.0. The van der Waals surface area contributed by atoms with E-state index in [-0.39, 0.29) is 0 Å². The van der Waals surface area contributed by atoms with Gasteiger partial charge in [0.05, 0.1) is 12.7 Å². The van der Waals surface area contributed by atoms with Gasteiger partial charge in [-0.2, -0.15) is 0 Å². The van der Waals surface area contributed by atoms with E-state index in [1.165, 1.54) is 25.7 Å². The Morgan fingerprint density at radius 1 is 1.41 bits per heavy atom. The van der Waals surface area contributed by atoms with Crippen molar-refractivity contribution in [1.29, 1.82) is 0 Å². The lowest BCUT2D eigenvalue weighted by Gasteiger charge is -2.37. The molecule has 0 amide bonds. The first kappa shape index (κ1) is 13.3. The molecule has 0 radical (unpaired) electrons. The van der Waals surface area contributed by atoms with E-state index in [0.717, 1.165) is 39.4 Å². The second-order valence-electron chi connectivity index (χ2n) is 5.45. The van der Waals surface area contributed by atoms with E-state index in [0.29, 0.717) is 11.5 Å². The van der Waals surface area contributed by atoms with Crippen LogP contribution in [0.1, 0.15) is 25.7 Å². The number of piperidine rings is 1. The van der Waals surface area contributed by atoms with E-state index in [9.17, 15) is 0 Å². The van der Waals surface area contributed by atoms with Crippen molar-refractivity contribution in [2.45, 2.75) is 31.8 Å². The summed E-state index contributed by atoms with van der Waals surface area (Å²) in [5.74, 6) is 0. The molecule has 2 rings (SSSR count). The molecule has 4 nitrogen and oxygen atoms in total. The third-order valence-electron chi connectivity index (χ3n) is 4.01. The fourth-order valence-corrected chi connectivity index (χ4v) is 2.94. The van der Waals surface area contributed by atoms with E-state index in [2.05, 4.69) is 10.6 Å². The summed E-state index contributed by atoms with van der Waals surface area (Å²) in [4.78, 5) is 0. The normalized spacial score (nSPS) is 28.4. The summed E-state index contributed by atoms with van der Waals surface area (Å²) in [5.41, 5.74) is 0.332. The maximum atomic E-state index is 5.63. The van der Waals surface area contributed by atoms with Crippen LogP contribution < -0.4 is 10.6 Å². The highest BCUT2D eigenvalue weighted by Gasteiger charge is 2.32. The number of rotatable bonds is 6. The van der Waals surface area contributed by atoms with Gasteiger partial charge in [-0.1, -0.05) is 0 Å². The summed E-state index contributed by atoms with van der Waals surface area (Å²) in [6.07, 6.45) is 5.29. The lowest BCUT2D eigenvalue weighted by Crippen LogP contribution is -2.47. The van der Waals surface area contributed by atoms with Gasteiger partial charge < -0.3 is 20.1 Å². The Kier molecular flexibility index (Phi) is 5.22. The molecule has 4 heteroatoms. The van der Waals surface area contributed by atoms with E-state index in [1.54, 1.807) is 0 Å². The monoisotopic (exact) mass is 242 g/mol. The zero-order valence-electron chi connectivity index (χ0n) is 11.0. The second kappa shape index (κ2) is 6.69. The molecule has 17 heavy (non-hydrogen) atoms. The Hall–Kier alpha value is -0.160. The molecule has 0 bridgehead atoms. The van der Waals surface area contributed by atoms with Gasteiger partial charge in [0.25, 0.3) is 0 Å².